The van der Waals surface area contributed by atoms with E-state index in [2.05, 4.69) is 44.0 Å². The maximum Gasteiger partial charge on any atom is 0.122 e. The molecular weight excluding hydrogens is 236 g/mol. The van der Waals surface area contributed by atoms with E-state index in [1.54, 1.807) is 0 Å². The maximum atomic E-state index is 10.3. The molecule has 1 atom stereocenters. The summed E-state index contributed by atoms with van der Waals surface area (Å²) < 4.78 is 0. The SMILES string of the molecule is CCNC(C)c1ccc(N2CCCC2(C)C)cc1O. The second kappa shape index (κ2) is 5.41. The van der Waals surface area contributed by atoms with Gasteiger partial charge in [-0.2, -0.15) is 0 Å². The van der Waals surface area contributed by atoms with Crippen LogP contribution < -0.4 is 10.2 Å². The second-order valence-corrected chi connectivity index (χ2v) is 6.09. The molecule has 106 valence electrons. The van der Waals surface area contributed by atoms with E-state index in [4.69, 9.17) is 0 Å². The molecule has 0 aromatic heterocycles. The van der Waals surface area contributed by atoms with Crippen molar-refractivity contribution in [2.24, 2.45) is 0 Å². The van der Waals surface area contributed by atoms with Crippen LogP contribution in [0.1, 0.15) is 52.1 Å². The van der Waals surface area contributed by atoms with Crippen LogP contribution in [-0.2, 0) is 0 Å². The summed E-state index contributed by atoms with van der Waals surface area (Å²) in [6.07, 6.45) is 2.44. The van der Waals surface area contributed by atoms with E-state index in [0.717, 1.165) is 24.3 Å². The zero-order chi connectivity index (χ0) is 14.0. The minimum absolute atomic E-state index is 0.186. The zero-order valence-electron chi connectivity index (χ0n) is 12.5. The minimum Gasteiger partial charge on any atom is -0.508 e. The number of phenols is 1. The fourth-order valence-corrected chi connectivity index (χ4v) is 3.07. The van der Waals surface area contributed by atoms with Gasteiger partial charge in [-0.15, -0.1) is 0 Å². The van der Waals surface area contributed by atoms with E-state index in [9.17, 15) is 5.11 Å². The number of anilines is 1. The van der Waals surface area contributed by atoms with E-state index < -0.39 is 0 Å². The predicted octanol–water partition coefficient (Wildman–Crippen LogP) is 3.44. The van der Waals surface area contributed by atoms with Gasteiger partial charge in [0.1, 0.15) is 5.75 Å². The normalized spacial score (nSPS) is 19.7. The van der Waals surface area contributed by atoms with Gasteiger partial charge in [-0.05, 0) is 46.2 Å². The summed E-state index contributed by atoms with van der Waals surface area (Å²) in [5, 5.41) is 13.6. The fourth-order valence-electron chi connectivity index (χ4n) is 3.07. The third-order valence-corrected chi connectivity index (χ3v) is 4.20. The number of phenolic OH excluding ortho intramolecular Hbond substituents is 1. The lowest BCUT2D eigenvalue weighted by molar-refractivity contribution is 0.453. The molecule has 1 heterocycles. The highest BCUT2D eigenvalue weighted by molar-refractivity contribution is 5.56. The van der Waals surface area contributed by atoms with E-state index in [-0.39, 0.29) is 11.6 Å². The Kier molecular flexibility index (Phi) is 4.04. The average Bonchev–Trinajstić information content (AvgIpc) is 2.69. The number of hydrogen-bond donors (Lipinski definition) is 2. The predicted molar refractivity (Wildman–Crippen MR) is 80.9 cm³/mol. The van der Waals surface area contributed by atoms with Crippen molar-refractivity contribution in [2.45, 2.75) is 52.1 Å². The molecule has 1 fully saturated rings. The molecule has 1 aromatic rings. The van der Waals surface area contributed by atoms with Crippen LogP contribution in [0.4, 0.5) is 5.69 Å². The molecule has 0 amide bonds. The number of benzene rings is 1. The highest BCUT2D eigenvalue weighted by atomic mass is 16.3. The summed E-state index contributed by atoms with van der Waals surface area (Å²) in [7, 11) is 0. The Balaban J connectivity index is 2.24. The molecule has 1 aliphatic rings. The van der Waals surface area contributed by atoms with E-state index in [1.165, 1.54) is 12.8 Å². The summed E-state index contributed by atoms with van der Waals surface area (Å²) >= 11 is 0. The Bertz CT molecular complexity index is 442. The second-order valence-electron chi connectivity index (χ2n) is 6.09. The van der Waals surface area contributed by atoms with Gasteiger partial charge in [0.05, 0.1) is 0 Å². The molecule has 0 aliphatic carbocycles. The van der Waals surface area contributed by atoms with Crippen LogP contribution in [0.2, 0.25) is 0 Å². The lowest BCUT2D eigenvalue weighted by Crippen LogP contribution is -2.38. The molecule has 19 heavy (non-hydrogen) atoms. The summed E-state index contributed by atoms with van der Waals surface area (Å²) in [5.74, 6) is 0.397. The summed E-state index contributed by atoms with van der Waals surface area (Å²) in [6, 6.07) is 6.28. The van der Waals surface area contributed by atoms with Crippen LogP contribution in [-0.4, -0.2) is 23.7 Å². The van der Waals surface area contributed by atoms with Crippen molar-refractivity contribution >= 4 is 5.69 Å². The number of nitrogens with zero attached hydrogens (tertiary/aromatic N) is 1. The quantitative estimate of drug-likeness (QED) is 0.872. The van der Waals surface area contributed by atoms with Crippen molar-refractivity contribution in [3.05, 3.63) is 23.8 Å². The first-order chi connectivity index (χ1) is 8.95. The Hall–Kier alpha value is -1.22. The van der Waals surface area contributed by atoms with Crippen LogP contribution in [0, 0.1) is 0 Å². The smallest absolute Gasteiger partial charge is 0.122 e. The van der Waals surface area contributed by atoms with Crippen LogP contribution in [0.15, 0.2) is 18.2 Å². The molecule has 2 N–H and O–H groups in total. The van der Waals surface area contributed by atoms with Gasteiger partial charge in [0, 0.05) is 35.4 Å². The highest BCUT2D eigenvalue weighted by Gasteiger charge is 2.32. The minimum atomic E-state index is 0.186. The van der Waals surface area contributed by atoms with E-state index in [1.807, 2.05) is 12.1 Å². The molecular formula is C16H26N2O. The lowest BCUT2D eigenvalue weighted by atomic mass is 10.0. The average molecular weight is 262 g/mol. The van der Waals surface area contributed by atoms with Crippen LogP contribution in [0.3, 0.4) is 0 Å². The summed E-state index contributed by atoms with van der Waals surface area (Å²) in [5.41, 5.74) is 2.30. The molecule has 0 saturated carbocycles. The van der Waals surface area contributed by atoms with Crippen molar-refractivity contribution in [1.29, 1.82) is 0 Å². The molecule has 2 rings (SSSR count). The summed E-state index contributed by atoms with van der Waals surface area (Å²) in [6.45, 7) is 10.7. The largest absolute Gasteiger partial charge is 0.508 e. The van der Waals surface area contributed by atoms with Gasteiger partial charge in [0.25, 0.3) is 0 Å². The number of aromatic hydroxyl groups is 1. The van der Waals surface area contributed by atoms with E-state index >= 15 is 0 Å². The monoisotopic (exact) mass is 262 g/mol. The fraction of sp³-hybridized carbons (Fsp3) is 0.625. The van der Waals surface area contributed by atoms with Crippen molar-refractivity contribution in [3.63, 3.8) is 0 Å². The van der Waals surface area contributed by atoms with Crippen LogP contribution in [0.5, 0.6) is 5.75 Å². The topological polar surface area (TPSA) is 35.5 Å². The first kappa shape index (κ1) is 14.2. The first-order valence-corrected chi connectivity index (χ1v) is 7.29. The number of rotatable bonds is 4. The van der Waals surface area contributed by atoms with Gasteiger partial charge in [0.2, 0.25) is 0 Å². The van der Waals surface area contributed by atoms with Crippen molar-refractivity contribution in [1.82, 2.24) is 5.32 Å². The van der Waals surface area contributed by atoms with Gasteiger partial charge in [-0.1, -0.05) is 13.0 Å². The zero-order valence-corrected chi connectivity index (χ0v) is 12.5. The van der Waals surface area contributed by atoms with Crippen molar-refractivity contribution in [2.75, 3.05) is 18.0 Å². The Labute approximate surface area is 116 Å². The molecule has 3 nitrogen and oxygen atoms in total. The molecule has 1 saturated heterocycles. The Morgan fingerprint density at radius 3 is 2.68 bits per heavy atom. The van der Waals surface area contributed by atoms with Crippen molar-refractivity contribution in [3.8, 4) is 5.75 Å². The third kappa shape index (κ3) is 2.86. The standard InChI is InChI=1S/C16H26N2O/c1-5-17-12(2)14-8-7-13(11-15(14)19)18-10-6-9-16(18,3)4/h7-8,11-12,17,19H,5-6,9-10H2,1-4H3. The summed E-state index contributed by atoms with van der Waals surface area (Å²) in [4.78, 5) is 2.40. The molecule has 1 aliphatic heterocycles. The number of hydrogen-bond acceptors (Lipinski definition) is 3. The van der Waals surface area contributed by atoms with Crippen LogP contribution >= 0.6 is 0 Å². The molecule has 0 spiro atoms. The molecule has 0 radical (unpaired) electrons. The molecule has 0 bridgehead atoms. The van der Waals surface area contributed by atoms with Crippen molar-refractivity contribution < 1.29 is 5.11 Å². The molecule has 1 unspecified atom stereocenters. The highest BCUT2D eigenvalue weighted by Crippen LogP contribution is 2.36. The third-order valence-electron chi connectivity index (χ3n) is 4.20. The number of nitrogens with one attached hydrogen (secondary N) is 1. The van der Waals surface area contributed by atoms with Crippen LogP contribution in [0.25, 0.3) is 0 Å². The first-order valence-electron chi connectivity index (χ1n) is 7.29. The molecule has 3 heteroatoms. The lowest BCUT2D eigenvalue weighted by Gasteiger charge is -2.34. The molecule has 1 aromatic carbocycles. The van der Waals surface area contributed by atoms with Gasteiger partial charge in [0.15, 0.2) is 0 Å². The van der Waals surface area contributed by atoms with Gasteiger partial charge >= 0.3 is 0 Å². The maximum absolute atomic E-state index is 10.3. The van der Waals surface area contributed by atoms with Gasteiger partial charge < -0.3 is 15.3 Å². The Morgan fingerprint density at radius 1 is 1.42 bits per heavy atom. The Morgan fingerprint density at radius 2 is 2.16 bits per heavy atom. The van der Waals surface area contributed by atoms with E-state index in [0.29, 0.717) is 5.75 Å². The van der Waals surface area contributed by atoms with Gasteiger partial charge in [-0.25, -0.2) is 0 Å². The van der Waals surface area contributed by atoms with Gasteiger partial charge in [-0.3, -0.25) is 0 Å².